The summed E-state index contributed by atoms with van der Waals surface area (Å²) in [5.74, 6) is 4.93. The molecule has 1 amide bonds. The van der Waals surface area contributed by atoms with Crippen LogP contribution in [0.4, 0.5) is 11.4 Å². The van der Waals surface area contributed by atoms with E-state index in [1.165, 1.54) is 0 Å². The Morgan fingerprint density at radius 3 is 2.57 bits per heavy atom. The fourth-order valence-electron chi connectivity index (χ4n) is 2.24. The van der Waals surface area contributed by atoms with Gasteiger partial charge in [-0.1, -0.05) is 30.3 Å². The summed E-state index contributed by atoms with van der Waals surface area (Å²) in [6.07, 6.45) is 0. The molecule has 3 aromatic rings. The first-order valence-corrected chi connectivity index (χ1v) is 6.56. The molecule has 0 aliphatic rings. The molecule has 0 aliphatic carbocycles. The summed E-state index contributed by atoms with van der Waals surface area (Å²) in [6.45, 7) is 1.99. The zero-order valence-electron chi connectivity index (χ0n) is 11.5. The van der Waals surface area contributed by atoms with Crippen LogP contribution in [-0.4, -0.2) is 5.91 Å². The molecule has 4 N–H and O–H groups in total. The van der Waals surface area contributed by atoms with E-state index in [2.05, 4.69) is 10.7 Å². The van der Waals surface area contributed by atoms with Gasteiger partial charge < -0.3 is 9.73 Å². The lowest BCUT2D eigenvalue weighted by atomic mass is 10.1. The maximum Gasteiger partial charge on any atom is 0.303 e. The van der Waals surface area contributed by atoms with Gasteiger partial charge in [-0.3, -0.25) is 10.2 Å². The van der Waals surface area contributed by atoms with Crippen LogP contribution < -0.4 is 16.6 Å². The number of aryl methyl sites for hydroxylation is 1. The Morgan fingerprint density at radius 2 is 1.81 bits per heavy atom. The van der Waals surface area contributed by atoms with Crippen molar-refractivity contribution in [3.8, 4) is 0 Å². The summed E-state index contributed by atoms with van der Waals surface area (Å²) in [5.41, 5.74) is 5.34. The fraction of sp³-hybridized carbons (Fsp3) is 0.0625. The summed E-state index contributed by atoms with van der Waals surface area (Å²) in [4.78, 5) is 11.9. The van der Waals surface area contributed by atoms with Gasteiger partial charge in [-0.2, -0.15) is 0 Å². The van der Waals surface area contributed by atoms with Crippen molar-refractivity contribution in [2.75, 3.05) is 5.32 Å². The summed E-state index contributed by atoms with van der Waals surface area (Å²) in [6, 6.07) is 15.3. The third kappa shape index (κ3) is 2.34. The van der Waals surface area contributed by atoms with Crippen molar-refractivity contribution < 1.29 is 9.21 Å². The number of fused-ring (bicyclic) bond motifs is 1. The Morgan fingerprint density at radius 1 is 1.10 bits per heavy atom. The number of nitrogens with two attached hydrogens (primary N) is 1. The first-order valence-electron chi connectivity index (χ1n) is 6.56. The Hall–Kier alpha value is -2.79. The third-order valence-corrected chi connectivity index (χ3v) is 3.34. The lowest BCUT2D eigenvalue weighted by Gasteiger charge is -2.09. The first-order chi connectivity index (χ1) is 10.2. The van der Waals surface area contributed by atoms with Crippen LogP contribution in [0, 0.1) is 6.92 Å². The van der Waals surface area contributed by atoms with E-state index in [0.29, 0.717) is 11.3 Å². The van der Waals surface area contributed by atoms with E-state index < -0.39 is 5.91 Å². The molecule has 5 nitrogen and oxygen atoms in total. The normalized spacial score (nSPS) is 10.6. The Labute approximate surface area is 121 Å². The van der Waals surface area contributed by atoms with Crippen LogP contribution in [0.5, 0.6) is 0 Å². The van der Waals surface area contributed by atoms with E-state index >= 15 is 0 Å². The SMILES string of the molecule is Cc1ccccc1Nc1c(C(=O)NN)oc2ccccc12. The van der Waals surface area contributed by atoms with Crippen molar-refractivity contribution in [3.05, 3.63) is 59.9 Å². The summed E-state index contributed by atoms with van der Waals surface area (Å²) < 4.78 is 5.61. The van der Waals surface area contributed by atoms with Crippen molar-refractivity contribution >= 4 is 28.3 Å². The van der Waals surface area contributed by atoms with Gasteiger partial charge in [-0.15, -0.1) is 0 Å². The second-order valence-electron chi connectivity index (χ2n) is 4.72. The van der Waals surface area contributed by atoms with Gasteiger partial charge in [0.15, 0.2) is 0 Å². The number of carbonyl (C=O) groups is 1. The number of nitrogens with one attached hydrogen (secondary N) is 2. The van der Waals surface area contributed by atoms with Gasteiger partial charge in [0.25, 0.3) is 0 Å². The molecule has 5 heteroatoms. The molecular formula is C16H15N3O2. The predicted molar refractivity (Wildman–Crippen MR) is 82.3 cm³/mol. The molecule has 0 atom stereocenters. The van der Waals surface area contributed by atoms with Crippen LogP contribution in [0.2, 0.25) is 0 Å². The molecule has 0 aliphatic heterocycles. The highest BCUT2D eigenvalue weighted by molar-refractivity contribution is 6.07. The minimum absolute atomic E-state index is 0.168. The van der Waals surface area contributed by atoms with Gasteiger partial charge in [-0.05, 0) is 30.7 Å². The Bertz CT molecular complexity index is 808. The molecule has 0 fully saturated rings. The number of para-hydroxylation sites is 2. The van der Waals surface area contributed by atoms with Gasteiger partial charge in [-0.25, -0.2) is 5.84 Å². The number of hydrazine groups is 1. The number of benzene rings is 2. The largest absolute Gasteiger partial charge is 0.449 e. The van der Waals surface area contributed by atoms with Gasteiger partial charge in [0.1, 0.15) is 5.58 Å². The molecular weight excluding hydrogens is 266 g/mol. The van der Waals surface area contributed by atoms with Gasteiger partial charge in [0.05, 0.1) is 5.69 Å². The maximum absolute atomic E-state index is 11.9. The van der Waals surface area contributed by atoms with Gasteiger partial charge >= 0.3 is 5.91 Å². The molecule has 0 unspecified atom stereocenters. The van der Waals surface area contributed by atoms with E-state index in [1.807, 2.05) is 55.5 Å². The molecule has 0 saturated carbocycles. The quantitative estimate of drug-likeness (QED) is 0.391. The van der Waals surface area contributed by atoms with Crippen LogP contribution in [0.25, 0.3) is 11.0 Å². The molecule has 21 heavy (non-hydrogen) atoms. The minimum atomic E-state index is -0.470. The smallest absolute Gasteiger partial charge is 0.303 e. The van der Waals surface area contributed by atoms with Crippen LogP contribution in [-0.2, 0) is 0 Å². The second kappa shape index (κ2) is 5.30. The van der Waals surface area contributed by atoms with Gasteiger partial charge in [0, 0.05) is 11.1 Å². The highest BCUT2D eigenvalue weighted by atomic mass is 16.3. The topological polar surface area (TPSA) is 80.3 Å². The molecule has 2 aromatic carbocycles. The standard InChI is InChI=1S/C16H15N3O2/c1-10-6-2-4-8-12(10)18-14-11-7-3-5-9-13(11)21-15(14)16(20)19-17/h2-9,18H,17H2,1H3,(H,19,20). The molecule has 1 heterocycles. The maximum atomic E-state index is 11.9. The van der Waals surface area contributed by atoms with Crippen LogP contribution in [0.15, 0.2) is 52.9 Å². The minimum Gasteiger partial charge on any atom is -0.449 e. The molecule has 0 bridgehead atoms. The first kappa shape index (κ1) is 13.2. The number of nitrogen functional groups attached to an aromatic ring is 1. The molecule has 3 rings (SSSR count). The van der Waals surface area contributed by atoms with Crippen LogP contribution in [0.3, 0.4) is 0 Å². The molecule has 106 valence electrons. The van der Waals surface area contributed by atoms with Crippen molar-refractivity contribution in [2.24, 2.45) is 5.84 Å². The van der Waals surface area contributed by atoms with E-state index in [4.69, 9.17) is 10.3 Å². The van der Waals surface area contributed by atoms with Crippen molar-refractivity contribution in [1.29, 1.82) is 0 Å². The highest BCUT2D eigenvalue weighted by Crippen LogP contribution is 2.33. The Kier molecular flexibility index (Phi) is 3.33. The summed E-state index contributed by atoms with van der Waals surface area (Å²) in [5, 5.41) is 4.10. The third-order valence-electron chi connectivity index (χ3n) is 3.34. The number of rotatable bonds is 3. The average molecular weight is 281 g/mol. The molecule has 0 radical (unpaired) electrons. The van der Waals surface area contributed by atoms with Crippen molar-refractivity contribution in [3.63, 3.8) is 0 Å². The number of amides is 1. The van der Waals surface area contributed by atoms with E-state index in [-0.39, 0.29) is 5.76 Å². The zero-order chi connectivity index (χ0) is 14.8. The number of anilines is 2. The van der Waals surface area contributed by atoms with Crippen molar-refractivity contribution in [1.82, 2.24) is 5.43 Å². The van der Waals surface area contributed by atoms with Crippen LogP contribution >= 0.6 is 0 Å². The second-order valence-corrected chi connectivity index (χ2v) is 4.72. The highest BCUT2D eigenvalue weighted by Gasteiger charge is 2.20. The van der Waals surface area contributed by atoms with E-state index in [1.54, 1.807) is 0 Å². The van der Waals surface area contributed by atoms with E-state index in [0.717, 1.165) is 16.6 Å². The molecule has 0 saturated heterocycles. The van der Waals surface area contributed by atoms with Crippen LogP contribution in [0.1, 0.15) is 16.1 Å². The Balaban J connectivity index is 2.15. The average Bonchev–Trinajstić information content (AvgIpc) is 2.88. The van der Waals surface area contributed by atoms with Gasteiger partial charge in [0.2, 0.25) is 5.76 Å². The predicted octanol–water partition coefficient (Wildman–Crippen LogP) is 3.09. The summed E-state index contributed by atoms with van der Waals surface area (Å²) in [7, 11) is 0. The number of hydrogen-bond acceptors (Lipinski definition) is 4. The zero-order valence-corrected chi connectivity index (χ0v) is 11.5. The number of hydrogen-bond donors (Lipinski definition) is 3. The van der Waals surface area contributed by atoms with E-state index in [9.17, 15) is 4.79 Å². The number of carbonyl (C=O) groups excluding carboxylic acids is 1. The van der Waals surface area contributed by atoms with Crippen molar-refractivity contribution in [2.45, 2.75) is 6.92 Å². The number of furan rings is 1. The lowest BCUT2D eigenvalue weighted by molar-refractivity contribution is 0.0929. The lowest BCUT2D eigenvalue weighted by Crippen LogP contribution is -2.30. The summed E-state index contributed by atoms with van der Waals surface area (Å²) >= 11 is 0. The molecule has 0 spiro atoms. The fourth-order valence-corrected chi connectivity index (χ4v) is 2.24. The monoisotopic (exact) mass is 281 g/mol. The molecule has 1 aromatic heterocycles.